The highest BCUT2D eigenvalue weighted by molar-refractivity contribution is 9.10. The third-order valence-corrected chi connectivity index (χ3v) is 5.36. The number of ketones is 1. The summed E-state index contributed by atoms with van der Waals surface area (Å²) in [5.41, 5.74) is 2.48. The second kappa shape index (κ2) is 6.91. The van der Waals surface area contributed by atoms with Gasteiger partial charge in [-0.05, 0) is 53.4 Å². The van der Waals surface area contributed by atoms with Crippen molar-refractivity contribution in [2.24, 2.45) is 0 Å². The molecule has 3 aromatic heterocycles. The minimum absolute atomic E-state index is 0.0432. The first-order valence-corrected chi connectivity index (χ1v) is 9.21. The van der Waals surface area contributed by atoms with Gasteiger partial charge in [-0.2, -0.15) is 0 Å². The molecule has 24 heavy (non-hydrogen) atoms. The minimum atomic E-state index is -0.182. The number of hydrogen-bond donors (Lipinski definition) is 0. The number of aryl methyl sites for hydroxylation is 1. The highest BCUT2D eigenvalue weighted by Crippen LogP contribution is 2.20. The summed E-state index contributed by atoms with van der Waals surface area (Å²) in [6.07, 6.45) is 1.64. The van der Waals surface area contributed by atoms with Crippen molar-refractivity contribution < 1.29 is 4.79 Å². The Morgan fingerprint density at radius 2 is 2.04 bits per heavy atom. The number of Topliss-reactive ketones (excluding diaryl/α,β-unsaturated/α-hetero) is 1. The Bertz CT molecular complexity index is 939. The molecular weight excluding hydrogens is 388 g/mol. The minimum Gasteiger partial charge on any atom is -0.343 e. The van der Waals surface area contributed by atoms with E-state index < -0.39 is 0 Å². The van der Waals surface area contributed by atoms with E-state index >= 15 is 0 Å². The summed E-state index contributed by atoms with van der Waals surface area (Å²) in [5.74, 6) is -0.0549. The number of aromatic nitrogens is 2. The number of rotatable bonds is 5. The van der Waals surface area contributed by atoms with Gasteiger partial charge in [-0.3, -0.25) is 9.59 Å². The van der Waals surface area contributed by atoms with Crippen LogP contribution in [0.1, 0.15) is 26.6 Å². The first-order valence-electron chi connectivity index (χ1n) is 7.54. The quantitative estimate of drug-likeness (QED) is 0.602. The molecule has 0 atom stereocenters. The lowest BCUT2D eigenvalue weighted by atomic mass is 10.1. The van der Waals surface area contributed by atoms with Gasteiger partial charge in [0.25, 0.3) is 5.56 Å². The van der Waals surface area contributed by atoms with Gasteiger partial charge in [-0.25, -0.2) is 0 Å². The Kier molecular flexibility index (Phi) is 4.87. The Morgan fingerprint density at radius 3 is 2.75 bits per heavy atom. The van der Waals surface area contributed by atoms with Gasteiger partial charge in [-0.15, -0.1) is 11.3 Å². The fourth-order valence-corrected chi connectivity index (χ4v) is 3.82. The highest BCUT2D eigenvalue weighted by Gasteiger charge is 2.17. The zero-order valence-electron chi connectivity index (χ0n) is 13.5. The summed E-state index contributed by atoms with van der Waals surface area (Å²) in [5, 5.41) is 2.05. The van der Waals surface area contributed by atoms with Crippen LogP contribution < -0.4 is 5.56 Å². The molecule has 0 saturated carbocycles. The molecule has 0 aromatic carbocycles. The topological polar surface area (TPSA) is 44.0 Å². The smallest absolute Gasteiger partial charge is 0.251 e. The number of hydrogen-bond acceptors (Lipinski definition) is 3. The van der Waals surface area contributed by atoms with Crippen LogP contribution in [0.3, 0.4) is 0 Å². The zero-order valence-corrected chi connectivity index (χ0v) is 15.9. The summed E-state index contributed by atoms with van der Waals surface area (Å²) < 4.78 is 4.35. The van der Waals surface area contributed by atoms with E-state index in [4.69, 9.17) is 0 Å². The SMILES string of the molecule is Cc1cc(C(=O)Cn2cc(Br)ccc2=O)c(C)n1Cc1cccs1. The molecule has 6 heteroatoms. The highest BCUT2D eigenvalue weighted by atomic mass is 79.9. The number of halogens is 1. The van der Waals surface area contributed by atoms with E-state index in [1.807, 2.05) is 26.0 Å². The van der Waals surface area contributed by atoms with Crippen LogP contribution in [0.5, 0.6) is 0 Å². The van der Waals surface area contributed by atoms with Crippen molar-refractivity contribution in [1.29, 1.82) is 0 Å². The molecule has 0 unspecified atom stereocenters. The Hall–Kier alpha value is -1.92. The Labute approximate surface area is 152 Å². The third kappa shape index (κ3) is 3.44. The van der Waals surface area contributed by atoms with Gasteiger partial charge in [0.1, 0.15) is 0 Å². The third-order valence-electron chi connectivity index (χ3n) is 4.03. The number of thiophene rings is 1. The molecule has 0 saturated heterocycles. The van der Waals surface area contributed by atoms with Crippen LogP contribution >= 0.6 is 27.3 Å². The van der Waals surface area contributed by atoms with Crippen LogP contribution in [0.25, 0.3) is 0 Å². The molecule has 0 aliphatic rings. The molecular formula is C18H17BrN2O2S. The van der Waals surface area contributed by atoms with Gasteiger partial charge in [-0.1, -0.05) is 6.07 Å². The normalized spacial score (nSPS) is 11.0. The van der Waals surface area contributed by atoms with Crippen molar-refractivity contribution >= 4 is 33.0 Å². The van der Waals surface area contributed by atoms with Gasteiger partial charge in [0.05, 0.1) is 13.1 Å². The lowest BCUT2D eigenvalue weighted by Crippen LogP contribution is -2.23. The van der Waals surface area contributed by atoms with Crippen LogP contribution in [0, 0.1) is 13.8 Å². The predicted octanol–water partition coefficient (Wildman–Crippen LogP) is 4.02. The van der Waals surface area contributed by atoms with E-state index in [0.29, 0.717) is 5.56 Å². The maximum atomic E-state index is 12.7. The molecule has 3 aromatic rings. The Balaban J connectivity index is 1.88. The molecule has 0 N–H and O–H groups in total. The summed E-state index contributed by atoms with van der Waals surface area (Å²) in [6.45, 7) is 4.77. The molecule has 0 amide bonds. The molecule has 0 aliphatic heterocycles. The molecule has 0 spiro atoms. The number of carbonyl (C=O) groups is 1. The summed E-state index contributed by atoms with van der Waals surface area (Å²) in [7, 11) is 0. The Morgan fingerprint density at radius 1 is 1.25 bits per heavy atom. The van der Waals surface area contributed by atoms with E-state index in [-0.39, 0.29) is 17.9 Å². The molecule has 0 aliphatic carbocycles. The molecule has 3 rings (SSSR count). The number of pyridine rings is 1. The molecule has 0 fully saturated rings. The summed E-state index contributed by atoms with van der Waals surface area (Å²) in [6, 6.07) is 9.16. The summed E-state index contributed by atoms with van der Waals surface area (Å²) in [4.78, 5) is 25.8. The second-order valence-corrected chi connectivity index (χ2v) is 7.63. The molecule has 124 valence electrons. The van der Waals surface area contributed by atoms with E-state index in [1.165, 1.54) is 15.5 Å². The van der Waals surface area contributed by atoms with E-state index in [9.17, 15) is 9.59 Å². The van der Waals surface area contributed by atoms with Crippen LogP contribution in [0.4, 0.5) is 0 Å². The zero-order chi connectivity index (χ0) is 17.3. The van der Waals surface area contributed by atoms with Gasteiger partial charge >= 0.3 is 0 Å². The first kappa shape index (κ1) is 16.9. The number of carbonyl (C=O) groups excluding carboxylic acids is 1. The number of nitrogens with zero attached hydrogens (tertiary/aromatic N) is 2. The van der Waals surface area contributed by atoms with Crippen LogP contribution in [-0.4, -0.2) is 14.9 Å². The van der Waals surface area contributed by atoms with E-state index in [0.717, 1.165) is 22.4 Å². The van der Waals surface area contributed by atoms with Crippen LogP contribution in [0.2, 0.25) is 0 Å². The first-order chi connectivity index (χ1) is 11.5. The fourth-order valence-electron chi connectivity index (χ4n) is 2.75. The van der Waals surface area contributed by atoms with Crippen LogP contribution in [0.15, 0.2) is 51.2 Å². The standard InChI is InChI=1S/C18H17BrN2O2S/c1-12-8-16(13(2)21(12)10-15-4-3-7-24-15)17(22)11-20-9-14(19)5-6-18(20)23/h3-9H,10-11H2,1-2H3. The van der Waals surface area contributed by atoms with Crippen LogP contribution in [-0.2, 0) is 13.1 Å². The molecule has 3 heterocycles. The summed E-state index contributed by atoms with van der Waals surface area (Å²) >= 11 is 5.03. The van der Waals surface area contributed by atoms with Crippen molar-refractivity contribution in [1.82, 2.24) is 9.13 Å². The van der Waals surface area contributed by atoms with E-state index in [2.05, 4.69) is 31.9 Å². The van der Waals surface area contributed by atoms with Gasteiger partial charge in [0.15, 0.2) is 5.78 Å². The average molecular weight is 405 g/mol. The van der Waals surface area contributed by atoms with Gasteiger partial charge < -0.3 is 9.13 Å². The van der Waals surface area contributed by atoms with Gasteiger partial charge in [0, 0.05) is 38.6 Å². The van der Waals surface area contributed by atoms with Crippen molar-refractivity contribution in [3.8, 4) is 0 Å². The maximum absolute atomic E-state index is 12.7. The average Bonchev–Trinajstić information content (AvgIpc) is 3.14. The van der Waals surface area contributed by atoms with Crippen molar-refractivity contribution in [3.63, 3.8) is 0 Å². The lowest BCUT2D eigenvalue weighted by Gasteiger charge is -2.09. The molecule has 4 nitrogen and oxygen atoms in total. The van der Waals surface area contributed by atoms with Gasteiger partial charge in [0.2, 0.25) is 0 Å². The molecule has 0 bridgehead atoms. The largest absolute Gasteiger partial charge is 0.343 e. The van der Waals surface area contributed by atoms with Crippen molar-refractivity contribution in [2.75, 3.05) is 0 Å². The predicted molar refractivity (Wildman–Crippen MR) is 100 cm³/mol. The second-order valence-electron chi connectivity index (χ2n) is 5.69. The fraction of sp³-hybridized carbons (Fsp3) is 0.222. The van der Waals surface area contributed by atoms with Crippen molar-refractivity contribution in [3.05, 3.63) is 78.6 Å². The van der Waals surface area contributed by atoms with Crippen molar-refractivity contribution in [2.45, 2.75) is 26.9 Å². The monoisotopic (exact) mass is 404 g/mol. The lowest BCUT2D eigenvalue weighted by molar-refractivity contribution is 0.0970. The molecule has 0 radical (unpaired) electrons. The maximum Gasteiger partial charge on any atom is 0.251 e. The van der Waals surface area contributed by atoms with E-state index in [1.54, 1.807) is 23.6 Å².